The van der Waals surface area contributed by atoms with Gasteiger partial charge in [0, 0.05) is 45.7 Å². The average molecular weight is 711 g/mol. The topological polar surface area (TPSA) is 146 Å². The summed E-state index contributed by atoms with van der Waals surface area (Å²) < 4.78 is 34.9. The van der Waals surface area contributed by atoms with E-state index in [4.69, 9.17) is 4.74 Å². The Labute approximate surface area is 294 Å². The molecule has 48 heavy (non-hydrogen) atoms. The van der Waals surface area contributed by atoms with Gasteiger partial charge in [-0.25, -0.2) is 8.37 Å². The van der Waals surface area contributed by atoms with Crippen LogP contribution >= 0.6 is 0 Å². The lowest BCUT2D eigenvalue weighted by molar-refractivity contribution is -0.149. The summed E-state index contributed by atoms with van der Waals surface area (Å²) >= 11 is 0. The molecule has 12 heteroatoms. The highest BCUT2D eigenvalue weighted by molar-refractivity contribution is 7.81. The standard InChI is InChI=1S/C32H64N2O5.C4H10O4S/c1-6-7-8-9-10-11-12-13-14-15-16-17-18-19-20-21-32(38)39-31(5)27-34(26-30(4)37)23-22-33(24-28(2)35)25-29(3)36;1-3-7-9(5,6)8-4-2/h13-14,28-31,35-37H,6-12,15-27H2,1-5H3;3-4H2,1-2H3/b14-13-;. The fourth-order valence-corrected chi connectivity index (χ4v) is 5.91. The Morgan fingerprint density at radius 1 is 0.625 bits per heavy atom. The maximum absolute atomic E-state index is 12.3. The quantitative estimate of drug-likeness (QED) is 0.0442. The molecule has 0 amide bonds. The van der Waals surface area contributed by atoms with E-state index in [1.165, 1.54) is 57.8 Å². The van der Waals surface area contributed by atoms with Crippen molar-refractivity contribution in [2.45, 2.75) is 163 Å². The molecule has 0 fully saturated rings. The van der Waals surface area contributed by atoms with Crippen molar-refractivity contribution in [3.63, 3.8) is 0 Å². The van der Waals surface area contributed by atoms with Crippen molar-refractivity contribution in [3.05, 3.63) is 12.2 Å². The third-order valence-corrected chi connectivity index (χ3v) is 8.36. The minimum absolute atomic E-state index is 0.113. The molecule has 0 radical (unpaired) electrons. The molecule has 0 bridgehead atoms. The van der Waals surface area contributed by atoms with Gasteiger partial charge < -0.3 is 20.1 Å². The van der Waals surface area contributed by atoms with Gasteiger partial charge in [-0.05, 0) is 73.6 Å². The Morgan fingerprint density at radius 3 is 1.44 bits per heavy atom. The van der Waals surface area contributed by atoms with Gasteiger partial charge in [-0.2, -0.15) is 8.42 Å². The number of aliphatic hydroxyl groups is 3. The van der Waals surface area contributed by atoms with Crippen LogP contribution in [0.3, 0.4) is 0 Å². The SMILES string of the molecule is CCCCCCCC/C=C\CCCCCCCC(=O)OC(C)CN(CCN(CC(C)O)CC(C)O)CC(C)O.CCOS(=O)(=O)OCC. The Bertz CT molecular complexity index is 832. The average Bonchev–Trinajstić information content (AvgIpc) is 2.97. The molecule has 4 atom stereocenters. The van der Waals surface area contributed by atoms with Gasteiger partial charge in [0.25, 0.3) is 0 Å². The molecule has 0 aliphatic rings. The predicted molar refractivity (Wildman–Crippen MR) is 195 cm³/mol. The summed E-state index contributed by atoms with van der Waals surface area (Å²) in [6.45, 7) is 16.1. The largest absolute Gasteiger partial charge is 0.461 e. The molecule has 0 saturated carbocycles. The van der Waals surface area contributed by atoms with Crippen LogP contribution in [-0.4, -0.2) is 116 Å². The molecule has 288 valence electrons. The fraction of sp³-hybridized carbons (Fsp3) is 0.917. The molecule has 11 nitrogen and oxygen atoms in total. The molecule has 0 aromatic rings. The molecule has 0 heterocycles. The second kappa shape index (κ2) is 33.0. The van der Waals surface area contributed by atoms with Crippen LogP contribution in [0, 0.1) is 0 Å². The van der Waals surface area contributed by atoms with Crippen LogP contribution in [0.25, 0.3) is 0 Å². The number of allylic oxidation sites excluding steroid dienone is 2. The van der Waals surface area contributed by atoms with Gasteiger partial charge in [-0.1, -0.05) is 70.4 Å². The summed E-state index contributed by atoms with van der Waals surface area (Å²) in [5, 5.41) is 29.4. The van der Waals surface area contributed by atoms with Crippen molar-refractivity contribution in [1.82, 2.24) is 9.80 Å². The first kappa shape index (κ1) is 49.0. The second-order valence-corrected chi connectivity index (χ2v) is 14.2. The van der Waals surface area contributed by atoms with Crippen molar-refractivity contribution in [1.29, 1.82) is 0 Å². The third kappa shape index (κ3) is 36.2. The Kier molecular flexibility index (Phi) is 33.7. The number of aliphatic hydroxyl groups excluding tert-OH is 3. The first-order chi connectivity index (χ1) is 22.8. The smallest absolute Gasteiger partial charge is 0.399 e. The first-order valence-electron chi connectivity index (χ1n) is 18.6. The molecule has 0 spiro atoms. The molecule has 0 saturated heterocycles. The number of rotatable bonds is 31. The number of unbranched alkanes of at least 4 members (excludes halogenated alkanes) is 11. The van der Waals surface area contributed by atoms with E-state index in [9.17, 15) is 28.5 Å². The lowest BCUT2D eigenvalue weighted by Crippen LogP contribution is -2.45. The van der Waals surface area contributed by atoms with Crippen molar-refractivity contribution < 1.29 is 41.6 Å². The van der Waals surface area contributed by atoms with Gasteiger partial charge in [0.05, 0.1) is 31.5 Å². The maximum Gasteiger partial charge on any atom is 0.399 e. The van der Waals surface area contributed by atoms with E-state index in [-0.39, 0.29) is 25.3 Å². The Hall–Kier alpha value is -1.12. The number of esters is 1. The molecule has 0 aromatic carbocycles. The molecule has 0 rings (SSSR count). The molecule has 0 aromatic heterocycles. The minimum Gasteiger partial charge on any atom is -0.461 e. The summed E-state index contributed by atoms with van der Waals surface area (Å²) in [6.07, 6.45) is 19.4. The second-order valence-electron chi connectivity index (χ2n) is 12.9. The highest BCUT2D eigenvalue weighted by Crippen LogP contribution is 2.11. The Morgan fingerprint density at radius 2 is 1.02 bits per heavy atom. The summed E-state index contributed by atoms with van der Waals surface area (Å²) in [6, 6.07) is 0. The zero-order valence-corrected chi connectivity index (χ0v) is 32.4. The zero-order chi connectivity index (χ0) is 36.6. The predicted octanol–water partition coefficient (Wildman–Crippen LogP) is 6.01. The highest BCUT2D eigenvalue weighted by Gasteiger charge is 2.18. The van der Waals surface area contributed by atoms with Crippen LogP contribution in [-0.2, 0) is 28.3 Å². The van der Waals surface area contributed by atoms with Crippen LogP contribution in [0.5, 0.6) is 0 Å². The summed E-state index contributed by atoms with van der Waals surface area (Å²) in [7, 11) is -3.68. The van der Waals surface area contributed by atoms with Gasteiger partial charge in [0.2, 0.25) is 0 Å². The lowest BCUT2D eigenvalue weighted by Gasteiger charge is -2.31. The molecular formula is C36H74N2O9S. The van der Waals surface area contributed by atoms with E-state index in [1.54, 1.807) is 34.6 Å². The van der Waals surface area contributed by atoms with Crippen molar-refractivity contribution in [3.8, 4) is 0 Å². The number of nitrogens with zero attached hydrogens (tertiary/aromatic N) is 2. The number of carbonyl (C=O) groups excluding carboxylic acids is 1. The summed E-state index contributed by atoms with van der Waals surface area (Å²) in [5.74, 6) is -0.151. The van der Waals surface area contributed by atoms with Gasteiger partial charge in [-0.15, -0.1) is 0 Å². The van der Waals surface area contributed by atoms with Gasteiger partial charge in [0.15, 0.2) is 0 Å². The molecular weight excluding hydrogens is 636 g/mol. The van der Waals surface area contributed by atoms with Crippen LogP contribution in [0.1, 0.15) is 138 Å². The van der Waals surface area contributed by atoms with E-state index in [0.29, 0.717) is 45.7 Å². The van der Waals surface area contributed by atoms with Crippen LogP contribution in [0.4, 0.5) is 0 Å². The van der Waals surface area contributed by atoms with Crippen LogP contribution < -0.4 is 0 Å². The van der Waals surface area contributed by atoms with Gasteiger partial charge >= 0.3 is 16.4 Å². The van der Waals surface area contributed by atoms with E-state index in [2.05, 4.69) is 32.3 Å². The van der Waals surface area contributed by atoms with Crippen LogP contribution in [0.2, 0.25) is 0 Å². The lowest BCUT2D eigenvalue weighted by atomic mass is 10.1. The Balaban J connectivity index is 0. The van der Waals surface area contributed by atoms with E-state index in [0.717, 1.165) is 25.7 Å². The highest BCUT2D eigenvalue weighted by atomic mass is 32.3. The molecule has 3 N–H and O–H groups in total. The van der Waals surface area contributed by atoms with E-state index >= 15 is 0 Å². The molecule has 4 unspecified atom stereocenters. The normalized spacial score (nSPS) is 14.6. The van der Waals surface area contributed by atoms with Crippen LogP contribution in [0.15, 0.2) is 12.2 Å². The van der Waals surface area contributed by atoms with Crippen molar-refractivity contribution in [2.75, 3.05) is 52.5 Å². The molecule has 0 aliphatic carbocycles. The number of hydrogen-bond donors (Lipinski definition) is 3. The molecule has 0 aliphatic heterocycles. The maximum atomic E-state index is 12.3. The van der Waals surface area contributed by atoms with E-state index < -0.39 is 28.7 Å². The van der Waals surface area contributed by atoms with Gasteiger partial charge in [0.1, 0.15) is 6.10 Å². The monoisotopic (exact) mass is 711 g/mol. The van der Waals surface area contributed by atoms with E-state index in [1.807, 2.05) is 11.8 Å². The van der Waals surface area contributed by atoms with Crippen molar-refractivity contribution >= 4 is 16.4 Å². The minimum atomic E-state index is -3.68. The summed E-state index contributed by atoms with van der Waals surface area (Å²) in [5.41, 5.74) is 0. The third-order valence-electron chi connectivity index (χ3n) is 7.31. The number of carbonyl (C=O) groups is 1. The van der Waals surface area contributed by atoms with Gasteiger partial charge in [-0.3, -0.25) is 14.6 Å². The van der Waals surface area contributed by atoms with Crippen molar-refractivity contribution in [2.24, 2.45) is 0 Å². The number of hydrogen-bond acceptors (Lipinski definition) is 11. The number of ether oxygens (including phenoxy) is 1. The fourth-order valence-electron chi connectivity index (χ4n) is 5.27. The first-order valence-corrected chi connectivity index (χ1v) is 20.0. The summed E-state index contributed by atoms with van der Waals surface area (Å²) in [4.78, 5) is 16.4. The zero-order valence-electron chi connectivity index (χ0n) is 31.6.